The highest BCUT2D eigenvalue weighted by molar-refractivity contribution is 6.06. The molecule has 0 fully saturated rings. The molecule has 6 N–H and O–H groups in total. The number of anilines is 2. The fraction of sp³-hybridized carbons (Fsp3) is 0.100. The molecular formula is C20H20N6O2. The van der Waals surface area contributed by atoms with Gasteiger partial charge in [-0.15, -0.1) is 0 Å². The van der Waals surface area contributed by atoms with Gasteiger partial charge in [0.05, 0.1) is 0 Å². The Morgan fingerprint density at radius 1 is 0.714 bits per heavy atom. The van der Waals surface area contributed by atoms with Gasteiger partial charge in [0.25, 0.3) is 11.8 Å². The van der Waals surface area contributed by atoms with Crippen LogP contribution in [0.2, 0.25) is 0 Å². The highest BCUT2D eigenvalue weighted by Gasteiger charge is 2.14. The maximum Gasteiger partial charge on any atom is 0.274 e. The largest absolute Gasteiger partial charge is 0.326 e. The standard InChI is InChI=1S/C20H20N6O2/c21-10-13-1-5-15(6-2-13)25-19(27)17-9-18(24-12-23-17)20(28)26-16-7-3-14(11-22)4-8-16/h1-9,12H,10-11,21-22H2,(H,25,27)(H,26,28). The van der Waals surface area contributed by atoms with Crippen LogP contribution in [0, 0.1) is 0 Å². The molecule has 0 aliphatic carbocycles. The lowest BCUT2D eigenvalue weighted by Gasteiger charge is -2.08. The number of nitrogens with zero attached hydrogens (tertiary/aromatic N) is 2. The lowest BCUT2D eigenvalue weighted by atomic mass is 10.2. The number of carbonyl (C=O) groups excluding carboxylic acids is 2. The molecule has 8 heteroatoms. The number of carbonyl (C=O) groups is 2. The summed E-state index contributed by atoms with van der Waals surface area (Å²) in [6, 6.07) is 15.6. The van der Waals surface area contributed by atoms with Crippen molar-refractivity contribution in [2.24, 2.45) is 11.5 Å². The first kappa shape index (κ1) is 19.2. The summed E-state index contributed by atoms with van der Waals surface area (Å²) in [6.45, 7) is 0.848. The number of rotatable bonds is 6. The summed E-state index contributed by atoms with van der Waals surface area (Å²) in [5.74, 6) is -0.881. The number of amides is 2. The first-order valence-corrected chi connectivity index (χ1v) is 8.62. The third-order valence-corrected chi connectivity index (χ3v) is 4.03. The van der Waals surface area contributed by atoms with Crippen molar-refractivity contribution < 1.29 is 9.59 Å². The van der Waals surface area contributed by atoms with Gasteiger partial charge in [0.2, 0.25) is 0 Å². The van der Waals surface area contributed by atoms with Crippen molar-refractivity contribution in [1.82, 2.24) is 9.97 Å². The summed E-state index contributed by atoms with van der Waals surface area (Å²) in [6.07, 6.45) is 1.18. The molecule has 2 aromatic carbocycles. The van der Waals surface area contributed by atoms with E-state index in [1.807, 2.05) is 24.3 Å². The van der Waals surface area contributed by atoms with Crippen molar-refractivity contribution in [3.05, 3.63) is 83.4 Å². The maximum absolute atomic E-state index is 12.4. The van der Waals surface area contributed by atoms with Crippen LogP contribution in [0.15, 0.2) is 60.9 Å². The van der Waals surface area contributed by atoms with Crippen molar-refractivity contribution in [3.63, 3.8) is 0 Å². The summed E-state index contributed by atoms with van der Waals surface area (Å²) in [7, 11) is 0. The molecule has 8 nitrogen and oxygen atoms in total. The molecule has 0 aliphatic rings. The SMILES string of the molecule is NCc1ccc(NC(=O)c2cc(C(=O)Nc3ccc(CN)cc3)ncn2)cc1. The zero-order valence-corrected chi connectivity index (χ0v) is 15.1. The van der Waals surface area contributed by atoms with E-state index in [4.69, 9.17) is 11.5 Å². The third-order valence-electron chi connectivity index (χ3n) is 4.03. The molecule has 0 saturated heterocycles. The first-order chi connectivity index (χ1) is 13.6. The van der Waals surface area contributed by atoms with E-state index in [0.29, 0.717) is 24.5 Å². The number of benzene rings is 2. The van der Waals surface area contributed by atoms with E-state index in [2.05, 4.69) is 20.6 Å². The van der Waals surface area contributed by atoms with Crippen LogP contribution in [-0.4, -0.2) is 21.8 Å². The summed E-state index contributed by atoms with van der Waals surface area (Å²) in [5, 5.41) is 5.45. The monoisotopic (exact) mass is 376 g/mol. The fourth-order valence-corrected chi connectivity index (χ4v) is 2.44. The van der Waals surface area contributed by atoms with Crippen molar-refractivity contribution in [2.75, 3.05) is 10.6 Å². The molecule has 0 spiro atoms. The number of nitrogens with one attached hydrogen (secondary N) is 2. The quantitative estimate of drug-likeness (QED) is 0.519. The zero-order chi connectivity index (χ0) is 19.9. The van der Waals surface area contributed by atoms with E-state index in [0.717, 1.165) is 11.1 Å². The Morgan fingerprint density at radius 2 is 1.11 bits per heavy atom. The first-order valence-electron chi connectivity index (χ1n) is 8.62. The molecule has 28 heavy (non-hydrogen) atoms. The van der Waals surface area contributed by atoms with Gasteiger partial charge in [-0.1, -0.05) is 24.3 Å². The van der Waals surface area contributed by atoms with E-state index < -0.39 is 11.8 Å². The van der Waals surface area contributed by atoms with Crippen LogP contribution in [-0.2, 0) is 13.1 Å². The van der Waals surface area contributed by atoms with Crippen molar-refractivity contribution in [3.8, 4) is 0 Å². The Labute approximate surface area is 162 Å². The van der Waals surface area contributed by atoms with Crippen molar-refractivity contribution in [2.45, 2.75) is 13.1 Å². The van der Waals surface area contributed by atoms with Gasteiger partial charge < -0.3 is 22.1 Å². The van der Waals surface area contributed by atoms with E-state index in [1.54, 1.807) is 24.3 Å². The number of nitrogens with two attached hydrogens (primary N) is 2. The van der Waals surface area contributed by atoms with Gasteiger partial charge in [0.15, 0.2) is 0 Å². The fourth-order valence-electron chi connectivity index (χ4n) is 2.44. The Kier molecular flexibility index (Phi) is 6.05. The minimum atomic E-state index is -0.441. The second-order valence-corrected chi connectivity index (χ2v) is 6.00. The second-order valence-electron chi connectivity index (χ2n) is 6.00. The van der Waals surface area contributed by atoms with Crippen LogP contribution in [0.3, 0.4) is 0 Å². The highest BCUT2D eigenvalue weighted by Crippen LogP contribution is 2.13. The predicted molar refractivity (Wildman–Crippen MR) is 107 cm³/mol. The average Bonchev–Trinajstić information content (AvgIpc) is 2.75. The van der Waals surface area contributed by atoms with Gasteiger partial charge in [-0.2, -0.15) is 0 Å². The molecule has 0 bridgehead atoms. The lowest BCUT2D eigenvalue weighted by Crippen LogP contribution is -2.18. The Morgan fingerprint density at radius 3 is 1.46 bits per heavy atom. The Balaban J connectivity index is 1.69. The molecule has 2 amide bonds. The summed E-state index contributed by atoms with van der Waals surface area (Å²) < 4.78 is 0. The molecule has 0 radical (unpaired) electrons. The normalized spacial score (nSPS) is 10.4. The van der Waals surface area contributed by atoms with E-state index in [-0.39, 0.29) is 11.4 Å². The van der Waals surface area contributed by atoms with E-state index in [9.17, 15) is 9.59 Å². The van der Waals surface area contributed by atoms with Crippen LogP contribution in [0.5, 0.6) is 0 Å². The van der Waals surface area contributed by atoms with Crippen molar-refractivity contribution >= 4 is 23.2 Å². The van der Waals surface area contributed by atoms with Gasteiger partial charge in [0.1, 0.15) is 17.7 Å². The van der Waals surface area contributed by atoms with Crippen LogP contribution < -0.4 is 22.1 Å². The molecule has 3 rings (SSSR count). The molecule has 0 unspecified atom stereocenters. The van der Waals surface area contributed by atoms with Crippen molar-refractivity contribution in [1.29, 1.82) is 0 Å². The van der Waals surface area contributed by atoms with Gasteiger partial charge >= 0.3 is 0 Å². The van der Waals surface area contributed by atoms with Gasteiger partial charge in [-0.25, -0.2) is 9.97 Å². The van der Waals surface area contributed by atoms with Crippen LogP contribution in [0.25, 0.3) is 0 Å². The summed E-state index contributed by atoms with van der Waals surface area (Å²) in [4.78, 5) is 32.7. The lowest BCUT2D eigenvalue weighted by molar-refractivity contribution is 0.102. The van der Waals surface area contributed by atoms with E-state index in [1.165, 1.54) is 12.4 Å². The summed E-state index contributed by atoms with van der Waals surface area (Å²) >= 11 is 0. The molecule has 0 atom stereocenters. The molecular weight excluding hydrogens is 356 g/mol. The topological polar surface area (TPSA) is 136 Å². The molecule has 1 heterocycles. The highest BCUT2D eigenvalue weighted by atomic mass is 16.2. The van der Waals surface area contributed by atoms with Gasteiger partial charge in [-0.05, 0) is 35.4 Å². The maximum atomic E-state index is 12.4. The number of aromatic nitrogens is 2. The zero-order valence-electron chi connectivity index (χ0n) is 15.1. The average molecular weight is 376 g/mol. The smallest absolute Gasteiger partial charge is 0.274 e. The van der Waals surface area contributed by atoms with Gasteiger partial charge in [-0.3, -0.25) is 9.59 Å². The predicted octanol–water partition coefficient (Wildman–Crippen LogP) is 1.90. The number of hydrogen-bond donors (Lipinski definition) is 4. The Bertz CT molecular complexity index is 894. The van der Waals surface area contributed by atoms with Crippen LogP contribution in [0.4, 0.5) is 11.4 Å². The molecule has 0 saturated carbocycles. The minimum absolute atomic E-state index is 0.0848. The molecule has 3 aromatic rings. The number of hydrogen-bond acceptors (Lipinski definition) is 6. The van der Waals surface area contributed by atoms with Crippen LogP contribution in [0.1, 0.15) is 32.1 Å². The minimum Gasteiger partial charge on any atom is -0.326 e. The summed E-state index contributed by atoms with van der Waals surface area (Å²) in [5.41, 5.74) is 14.4. The van der Waals surface area contributed by atoms with Crippen LogP contribution >= 0.6 is 0 Å². The third kappa shape index (κ3) is 4.76. The van der Waals surface area contributed by atoms with Gasteiger partial charge in [0, 0.05) is 30.5 Å². The molecule has 142 valence electrons. The molecule has 0 aliphatic heterocycles. The second kappa shape index (κ2) is 8.85. The molecule has 1 aromatic heterocycles. The van der Waals surface area contributed by atoms with E-state index >= 15 is 0 Å². The Hall–Kier alpha value is -3.62.